The normalized spacial score (nSPS) is 28.8. The van der Waals surface area contributed by atoms with Gasteiger partial charge in [0.05, 0.1) is 17.7 Å². The largest absolute Gasteiger partial charge is 0.396 e. The molecule has 0 bridgehead atoms. The molecule has 1 aromatic carbocycles. The maximum absolute atomic E-state index is 12.8. The number of nitrogens with zero attached hydrogens (tertiary/aromatic N) is 3. The standard InChI is InChI=1S/C18H23N3O2/c1-18(13-22)8-2-9-20(12-18)16-7-10-21(17(16)23)15-5-3-14(11-19)4-6-15/h3-6,16,22H,2,7-10,12-13H2,1H3. The molecular weight excluding hydrogens is 290 g/mol. The summed E-state index contributed by atoms with van der Waals surface area (Å²) in [5, 5.41) is 18.5. The molecule has 1 aromatic rings. The lowest BCUT2D eigenvalue weighted by Gasteiger charge is -2.41. The van der Waals surface area contributed by atoms with E-state index in [1.165, 1.54) is 0 Å². The van der Waals surface area contributed by atoms with Gasteiger partial charge in [0, 0.05) is 30.8 Å². The molecule has 2 saturated heterocycles. The number of anilines is 1. The number of nitriles is 1. The number of hydrogen-bond acceptors (Lipinski definition) is 4. The van der Waals surface area contributed by atoms with E-state index in [1.807, 2.05) is 17.0 Å². The summed E-state index contributed by atoms with van der Waals surface area (Å²) in [6.07, 6.45) is 2.86. The average molecular weight is 313 g/mol. The lowest BCUT2D eigenvalue weighted by Crippen LogP contribution is -2.51. The van der Waals surface area contributed by atoms with Crippen LogP contribution in [0.1, 0.15) is 31.7 Å². The number of carbonyl (C=O) groups is 1. The van der Waals surface area contributed by atoms with Crippen molar-refractivity contribution < 1.29 is 9.90 Å². The molecular formula is C18H23N3O2. The monoisotopic (exact) mass is 313 g/mol. The number of amides is 1. The Morgan fingerprint density at radius 2 is 2.09 bits per heavy atom. The smallest absolute Gasteiger partial charge is 0.244 e. The lowest BCUT2D eigenvalue weighted by atomic mass is 9.82. The van der Waals surface area contributed by atoms with Gasteiger partial charge in [-0.25, -0.2) is 0 Å². The van der Waals surface area contributed by atoms with Gasteiger partial charge in [0.25, 0.3) is 0 Å². The zero-order valence-corrected chi connectivity index (χ0v) is 13.5. The van der Waals surface area contributed by atoms with E-state index >= 15 is 0 Å². The maximum atomic E-state index is 12.8. The van der Waals surface area contributed by atoms with Gasteiger partial charge in [-0.05, 0) is 50.1 Å². The topological polar surface area (TPSA) is 67.6 Å². The summed E-state index contributed by atoms with van der Waals surface area (Å²) < 4.78 is 0. The highest BCUT2D eigenvalue weighted by Crippen LogP contribution is 2.33. The summed E-state index contributed by atoms with van der Waals surface area (Å²) in [6, 6.07) is 9.19. The van der Waals surface area contributed by atoms with Crippen LogP contribution in [0.25, 0.3) is 0 Å². The van der Waals surface area contributed by atoms with E-state index in [1.54, 1.807) is 12.1 Å². The minimum absolute atomic E-state index is 0.0863. The van der Waals surface area contributed by atoms with Crippen molar-refractivity contribution in [3.63, 3.8) is 0 Å². The molecule has 2 aliphatic heterocycles. The summed E-state index contributed by atoms with van der Waals surface area (Å²) in [5.74, 6) is 0.136. The molecule has 122 valence electrons. The first-order valence-corrected chi connectivity index (χ1v) is 8.23. The number of aliphatic hydroxyl groups excluding tert-OH is 1. The number of likely N-dealkylation sites (tertiary alicyclic amines) is 1. The quantitative estimate of drug-likeness (QED) is 0.923. The number of hydrogen-bond donors (Lipinski definition) is 1. The fraction of sp³-hybridized carbons (Fsp3) is 0.556. The Hall–Kier alpha value is -1.90. The molecule has 1 amide bonds. The zero-order valence-electron chi connectivity index (χ0n) is 13.5. The molecule has 0 radical (unpaired) electrons. The van der Waals surface area contributed by atoms with Crippen LogP contribution in [0.4, 0.5) is 5.69 Å². The Labute approximate surface area is 137 Å². The van der Waals surface area contributed by atoms with E-state index in [9.17, 15) is 9.90 Å². The molecule has 0 aliphatic carbocycles. The van der Waals surface area contributed by atoms with Crippen molar-refractivity contribution in [1.82, 2.24) is 4.90 Å². The number of benzene rings is 1. The Kier molecular flexibility index (Phi) is 4.38. The predicted octanol–water partition coefficient (Wildman–Crippen LogP) is 1.76. The highest BCUT2D eigenvalue weighted by atomic mass is 16.3. The minimum Gasteiger partial charge on any atom is -0.396 e. The first kappa shape index (κ1) is 16.0. The first-order chi connectivity index (χ1) is 11.1. The summed E-state index contributed by atoms with van der Waals surface area (Å²) in [4.78, 5) is 16.9. The maximum Gasteiger partial charge on any atom is 0.244 e. The molecule has 0 saturated carbocycles. The van der Waals surface area contributed by atoms with Crippen LogP contribution in [0.5, 0.6) is 0 Å². The second-order valence-electron chi connectivity index (χ2n) is 7.00. The Balaban J connectivity index is 1.72. The molecule has 0 aromatic heterocycles. The molecule has 0 spiro atoms. The second kappa shape index (κ2) is 6.31. The van der Waals surface area contributed by atoms with Crippen molar-refractivity contribution in [2.45, 2.75) is 32.2 Å². The highest BCUT2D eigenvalue weighted by molar-refractivity contribution is 5.99. The summed E-state index contributed by atoms with van der Waals surface area (Å²) in [7, 11) is 0. The third-order valence-corrected chi connectivity index (χ3v) is 5.12. The van der Waals surface area contributed by atoms with Crippen molar-refractivity contribution >= 4 is 11.6 Å². The van der Waals surface area contributed by atoms with Crippen molar-refractivity contribution in [2.75, 3.05) is 31.1 Å². The Bertz CT molecular complexity index is 622. The van der Waals surface area contributed by atoms with Gasteiger partial charge in [-0.2, -0.15) is 5.26 Å². The molecule has 2 heterocycles. The average Bonchev–Trinajstić information content (AvgIpc) is 2.96. The highest BCUT2D eigenvalue weighted by Gasteiger charge is 2.41. The fourth-order valence-corrected chi connectivity index (χ4v) is 3.73. The minimum atomic E-state index is -0.0968. The van der Waals surface area contributed by atoms with Crippen LogP contribution in [0, 0.1) is 16.7 Å². The molecule has 2 atom stereocenters. The van der Waals surface area contributed by atoms with Crippen molar-refractivity contribution in [2.24, 2.45) is 5.41 Å². The lowest BCUT2D eigenvalue weighted by molar-refractivity contribution is -0.123. The zero-order chi connectivity index (χ0) is 16.4. The van der Waals surface area contributed by atoms with Gasteiger partial charge in [-0.15, -0.1) is 0 Å². The van der Waals surface area contributed by atoms with E-state index in [4.69, 9.17) is 5.26 Å². The molecule has 2 fully saturated rings. The van der Waals surface area contributed by atoms with E-state index in [-0.39, 0.29) is 24.0 Å². The Morgan fingerprint density at radius 1 is 1.35 bits per heavy atom. The van der Waals surface area contributed by atoms with Gasteiger partial charge >= 0.3 is 0 Å². The molecule has 5 heteroatoms. The molecule has 2 unspecified atom stereocenters. The summed E-state index contributed by atoms with van der Waals surface area (Å²) in [5.41, 5.74) is 1.37. The van der Waals surface area contributed by atoms with Gasteiger partial charge in [0.15, 0.2) is 0 Å². The van der Waals surface area contributed by atoms with E-state index < -0.39 is 0 Å². The van der Waals surface area contributed by atoms with Crippen LogP contribution in [0.2, 0.25) is 0 Å². The van der Waals surface area contributed by atoms with Crippen LogP contribution in [-0.4, -0.2) is 48.2 Å². The van der Waals surface area contributed by atoms with Crippen molar-refractivity contribution in [3.8, 4) is 6.07 Å². The van der Waals surface area contributed by atoms with Gasteiger partial charge in [-0.3, -0.25) is 9.69 Å². The van der Waals surface area contributed by atoms with Crippen LogP contribution >= 0.6 is 0 Å². The molecule has 3 rings (SSSR count). The summed E-state index contributed by atoms with van der Waals surface area (Å²) in [6.45, 7) is 4.68. The van der Waals surface area contributed by atoms with Crippen LogP contribution in [0.15, 0.2) is 24.3 Å². The fourth-order valence-electron chi connectivity index (χ4n) is 3.73. The second-order valence-corrected chi connectivity index (χ2v) is 7.00. The van der Waals surface area contributed by atoms with Crippen LogP contribution < -0.4 is 4.90 Å². The van der Waals surface area contributed by atoms with Crippen LogP contribution in [-0.2, 0) is 4.79 Å². The summed E-state index contributed by atoms with van der Waals surface area (Å²) >= 11 is 0. The van der Waals surface area contributed by atoms with Gasteiger partial charge in [0.1, 0.15) is 0 Å². The number of piperidine rings is 1. The number of carbonyl (C=O) groups excluding carboxylic acids is 1. The van der Waals surface area contributed by atoms with Crippen molar-refractivity contribution in [3.05, 3.63) is 29.8 Å². The Morgan fingerprint density at radius 3 is 2.74 bits per heavy atom. The van der Waals surface area contributed by atoms with Gasteiger partial charge in [-0.1, -0.05) is 6.92 Å². The number of rotatable bonds is 3. The molecule has 1 N–H and O–H groups in total. The molecule has 2 aliphatic rings. The first-order valence-electron chi connectivity index (χ1n) is 8.23. The third kappa shape index (κ3) is 3.10. The number of aliphatic hydroxyl groups is 1. The van der Waals surface area contributed by atoms with E-state index in [0.717, 1.165) is 38.0 Å². The van der Waals surface area contributed by atoms with Crippen molar-refractivity contribution in [1.29, 1.82) is 5.26 Å². The molecule has 5 nitrogen and oxygen atoms in total. The third-order valence-electron chi connectivity index (χ3n) is 5.12. The van der Waals surface area contributed by atoms with Crippen LogP contribution in [0.3, 0.4) is 0 Å². The molecule has 23 heavy (non-hydrogen) atoms. The van der Waals surface area contributed by atoms with E-state index in [0.29, 0.717) is 12.1 Å². The predicted molar refractivity (Wildman–Crippen MR) is 87.9 cm³/mol. The SMILES string of the molecule is CC1(CO)CCCN(C2CCN(c3ccc(C#N)cc3)C2=O)C1. The van der Waals surface area contributed by atoms with Gasteiger partial charge in [0.2, 0.25) is 5.91 Å². The van der Waals surface area contributed by atoms with Gasteiger partial charge < -0.3 is 10.0 Å². The van der Waals surface area contributed by atoms with E-state index in [2.05, 4.69) is 17.9 Å².